The quantitative estimate of drug-likeness (QED) is 0.330. The van der Waals surface area contributed by atoms with E-state index in [4.69, 9.17) is 4.42 Å². The first kappa shape index (κ1) is 22.4. The Kier molecular flexibility index (Phi) is 5.59. The van der Waals surface area contributed by atoms with Crippen LogP contribution in [0.5, 0.6) is 0 Å². The Morgan fingerprint density at radius 3 is 2.60 bits per heavy atom. The highest BCUT2D eigenvalue weighted by Crippen LogP contribution is 2.28. The van der Waals surface area contributed by atoms with Crippen molar-refractivity contribution in [3.8, 4) is 22.7 Å². The van der Waals surface area contributed by atoms with Crippen LogP contribution in [0.15, 0.2) is 47.1 Å². The fourth-order valence-corrected chi connectivity index (χ4v) is 3.39. The number of rotatable bonds is 6. The highest BCUT2D eigenvalue weighted by Gasteiger charge is 2.22. The van der Waals surface area contributed by atoms with Crippen LogP contribution in [-0.4, -0.2) is 49.3 Å². The Morgan fingerprint density at radius 2 is 1.86 bits per heavy atom. The van der Waals surface area contributed by atoms with Crippen molar-refractivity contribution in [1.82, 2.24) is 35.2 Å². The first-order valence-electron chi connectivity index (χ1n) is 10.2. The number of anilines is 1. The van der Waals surface area contributed by atoms with Crippen LogP contribution >= 0.6 is 0 Å². The van der Waals surface area contributed by atoms with E-state index >= 15 is 0 Å². The maximum atomic E-state index is 14.7. The van der Waals surface area contributed by atoms with Gasteiger partial charge in [-0.1, -0.05) is 17.3 Å². The maximum Gasteiger partial charge on any atom is 0.314 e. The lowest BCUT2D eigenvalue weighted by molar-refractivity contribution is 0.116. The van der Waals surface area contributed by atoms with Gasteiger partial charge in [-0.05, 0) is 18.2 Å². The number of alkyl halides is 2. The van der Waals surface area contributed by atoms with Crippen molar-refractivity contribution in [3.05, 3.63) is 65.8 Å². The molecule has 0 N–H and O–H groups in total. The summed E-state index contributed by atoms with van der Waals surface area (Å²) in [6.07, 6.45) is 0.281. The maximum absolute atomic E-state index is 14.7. The highest BCUT2D eigenvalue weighted by atomic mass is 19.3. The van der Waals surface area contributed by atoms with Crippen molar-refractivity contribution in [3.63, 3.8) is 0 Å². The van der Waals surface area contributed by atoms with Gasteiger partial charge in [-0.2, -0.15) is 8.78 Å². The number of fused-ring (bicyclic) bond motifs is 1. The van der Waals surface area contributed by atoms with E-state index in [0.717, 1.165) is 16.5 Å². The molecule has 0 spiro atoms. The van der Waals surface area contributed by atoms with E-state index in [0.29, 0.717) is 11.6 Å². The lowest BCUT2D eigenvalue weighted by Gasteiger charge is -2.10. The zero-order chi connectivity index (χ0) is 24.7. The van der Waals surface area contributed by atoms with E-state index in [1.807, 2.05) is 32.3 Å². The normalized spacial score (nSPS) is 11.5. The van der Waals surface area contributed by atoms with Gasteiger partial charge in [0.15, 0.2) is 11.6 Å². The fraction of sp³-hybridized carbons (Fsp3) is 0.182. The molecule has 3 heterocycles. The first-order chi connectivity index (χ1) is 16.8. The number of hydrogen-bond donors (Lipinski definition) is 0. The summed E-state index contributed by atoms with van der Waals surface area (Å²) in [4.78, 5) is 10.6. The number of nitrogens with zero attached hydrogens (tertiary/aromatic N) is 8. The zero-order valence-corrected chi connectivity index (χ0v) is 18.3. The Hall–Kier alpha value is -4.42. The monoisotopic (exact) mass is 484 g/mol. The summed E-state index contributed by atoms with van der Waals surface area (Å²) in [5.74, 6) is -3.40. The second-order valence-corrected chi connectivity index (χ2v) is 7.79. The van der Waals surface area contributed by atoms with Gasteiger partial charge in [-0.25, -0.2) is 23.4 Å². The smallest absolute Gasteiger partial charge is 0.314 e. The molecule has 0 unspecified atom stereocenters. The predicted octanol–water partition coefficient (Wildman–Crippen LogP) is 4.27. The molecule has 0 bridgehead atoms. The van der Waals surface area contributed by atoms with Gasteiger partial charge in [0.25, 0.3) is 11.8 Å². The summed E-state index contributed by atoms with van der Waals surface area (Å²) < 4.78 is 60.7. The molecule has 5 rings (SSSR count). The Labute approximate surface area is 195 Å². The number of halogens is 4. The summed E-state index contributed by atoms with van der Waals surface area (Å²) >= 11 is 0. The minimum absolute atomic E-state index is 0.0283. The Bertz CT molecular complexity index is 1530. The van der Waals surface area contributed by atoms with Gasteiger partial charge in [0.2, 0.25) is 5.95 Å². The van der Waals surface area contributed by atoms with Crippen molar-refractivity contribution in [2.45, 2.75) is 13.0 Å². The van der Waals surface area contributed by atoms with E-state index in [1.54, 1.807) is 17.3 Å². The molecule has 0 amide bonds. The average molecular weight is 484 g/mol. The van der Waals surface area contributed by atoms with E-state index in [-0.39, 0.29) is 12.1 Å². The van der Waals surface area contributed by atoms with Crippen LogP contribution in [0, 0.1) is 11.6 Å². The minimum Gasteiger partial charge on any atom is -0.415 e. The standard InChI is InChI=1S/C22H16F4N8O/c1-33(2)22-27-8-13-7-11(4-6-15(13)28-22)16-10-34(32-29-16)9-12-3-5-14(18(24)17(12)23)20-30-31-21(35-20)19(25)26/h3-8,10,19H,9H2,1-2H3. The second kappa shape index (κ2) is 8.74. The summed E-state index contributed by atoms with van der Waals surface area (Å²) in [6.45, 7) is -0.120. The molecular formula is C22H16F4N8O. The number of aromatic nitrogens is 7. The molecular weight excluding hydrogens is 468 g/mol. The van der Waals surface area contributed by atoms with Crippen LogP contribution in [0.4, 0.5) is 23.5 Å². The molecule has 0 aliphatic heterocycles. The Balaban J connectivity index is 1.38. The first-order valence-corrected chi connectivity index (χ1v) is 10.2. The van der Waals surface area contributed by atoms with Gasteiger partial charge in [-0.15, -0.1) is 15.3 Å². The predicted molar refractivity (Wildman–Crippen MR) is 117 cm³/mol. The van der Waals surface area contributed by atoms with Crippen molar-refractivity contribution in [2.75, 3.05) is 19.0 Å². The largest absolute Gasteiger partial charge is 0.415 e. The number of benzene rings is 2. The molecule has 0 radical (unpaired) electrons. The van der Waals surface area contributed by atoms with E-state index in [9.17, 15) is 17.6 Å². The molecule has 3 aromatic heterocycles. The third kappa shape index (κ3) is 4.27. The molecule has 0 aliphatic rings. The topological polar surface area (TPSA) is 98.7 Å². The molecule has 0 saturated carbocycles. The van der Waals surface area contributed by atoms with Crippen LogP contribution in [0.25, 0.3) is 33.6 Å². The van der Waals surface area contributed by atoms with Crippen LogP contribution in [-0.2, 0) is 6.54 Å². The van der Waals surface area contributed by atoms with Crippen LogP contribution in [0.3, 0.4) is 0 Å². The highest BCUT2D eigenvalue weighted by molar-refractivity contribution is 5.83. The Morgan fingerprint density at radius 1 is 1.03 bits per heavy atom. The molecule has 0 fully saturated rings. The van der Waals surface area contributed by atoms with Gasteiger partial charge in [0.1, 0.15) is 5.69 Å². The van der Waals surface area contributed by atoms with Crippen LogP contribution in [0.1, 0.15) is 17.9 Å². The minimum atomic E-state index is -3.02. The molecule has 9 nitrogen and oxygen atoms in total. The van der Waals surface area contributed by atoms with E-state index in [1.165, 1.54) is 16.8 Å². The lowest BCUT2D eigenvalue weighted by Crippen LogP contribution is -2.12. The molecule has 0 saturated heterocycles. The van der Waals surface area contributed by atoms with Gasteiger partial charge in [0, 0.05) is 36.8 Å². The summed E-state index contributed by atoms with van der Waals surface area (Å²) in [5, 5.41) is 15.4. The molecule has 13 heteroatoms. The third-order valence-corrected chi connectivity index (χ3v) is 5.15. The van der Waals surface area contributed by atoms with Crippen molar-refractivity contribution in [2.24, 2.45) is 0 Å². The summed E-state index contributed by atoms with van der Waals surface area (Å²) in [7, 11) is 3.70. The molecule has 0 aliphatic carbocycles. The molecule has 35 heavy (non-hydrogen) atoms. The van der Waals surface area contributed by atoms with Gasteiger partial charge in [0.05, 0.1) is 23.8 Å². The fourth-order valence-electron chi connectivity index (χ4n) is 3.39. The van der Waals surface area contributed by atoms with Gasteiger partial charge < -0.3 is 9.32 Å². The molecule has 5 aromatic rings. The van der Waals surface area contributed by atoms with Gasteiger partial charge >= 0.3 is 6.43 Å². The SMILES string of the molecule is CN(C)c1ncc2cc(-c3cn(Cc4ccc(-c5nnc(C(F)F)o5)c(F)c4F)nn3)ccc2n1. The molecule has 178 valence electrons. The van der Waals surface area contributed by atoms with Crippen molar-refractivity contribution < 1.29 is 22.0 Å². The van der Waals surface area contributed by atoms with E-state index < -0.39 is 35.4 Å². The van der Waals surface area contributed by atoms with Crippen molar-refractivity contribution >= 4 is 16.9 Å². The molecule has 0 atom stereocenters. The van der Waals surface area contributed by atoms with Crippen LogP contribution in [0.2, 0.25) is 0 Å². The number of hydrogen-bond acceptors (Lipinski definition) is 8. The second-order valence-electron chi connectivity index (χ2n) is 7.79. The zero-order valence-electron chi connectivity index (χ0n) is 18.3. The summed E-state index contributed by atoms with van der Waals surface area (Å²) in [6, 6.07) is 7.99. The van der Waals surface area contributed by atoms with Crippen LogP contribution < -0.4 is 4.90 Å². The molecule has 2 aromatic carbocycles. The third-order valence-electron chi connectivity index (χ3n) is 5.15. The average Bonchev–Trinajstić information content (AvgIpc) is 3.52. The lowest BCUT2D eigenvalue weighted by atomic mass is 10.1. The summed E-state index contributed by atoms with van der Waals surface area (Å²) in [5.41, 5.74) is 1.59. The van der Waals surface area contributed by atoms with Crippen molar-refractivity contribution in [1.29, 1.82) is 0 Å². The van der Waals surface area contributed by atoms with Gasteiger partial charge in [-0.3, -0.25) is 0 Å². The van der Waals surface area contributed by atoms with E-state index in [2.05, 4.69) is 30.5 Å².